The first-order valence-electron chi connectivity index (χ1n) is 7.56. The van der Waals surface area contributed by atoms with E-state index >= 15 is 0 Å². The van der Waals surface area contributed by atoms with Gasteiger partial charge in [0.2, 0.25) is 0 Å². The number of para-hydroxylation sites is 1. The monoisotopic (exact) mass is 390 g/mol. The standard InChI is InChI=1S/C16H14N4O4S2/c1-2-24-16(23)18-12(21)9-7-8-25-13(9)19-14(22)20-15-17-10-5-3-4-6-11(10)26-15/h3-8H,2H2,1H3,(H,18,21,23)(H2,17,19,20,22). The number of hydrogen-bond donors (Lipinski definition) is 3. The van der Waals surface area contributed by atoms with E-state index in [-0.39, 0.29) is 12.2 Å². The topological polar surface area (TPSA) is 109 Å². The van der Waals surface area contributed by atoms with Crippen LogP contribution in [-0.4, -0.2) is 29.6 Å². The average Bonchev–Trinajstić information content (AvgIpc) is 3.20. The molecule has 0 fully saturated rings. The van der Waals surface area contributed by atoms with E-state index in [1.807, 2.05) is 24.3 Å². The third kappa shape index (κ3) is 4.16. The molecule has 0 unspecified atom stereocenters. The highest BCUT2D eigenvalue weighted by molar-refractivity contribution is 7.22. The lowest BCUT2D eigenvalue weighted by atomic mass is 10.3. The van der Waals surface area contributed by atoms with Crippen LogP contribution in [0, 0.1) is 0 Å². The zero-order chi connectivity index (χ0) is 18.5. The predicted molar refractivity (Wildman–Crippen MR) is 101 cm³/mol. The van der Waals surface area contributed by atoms with E-state index < -0.39 is 18.0 Å². The number of hydrogen-bond acceptors (Lipinski definition) is 7. The van der Waals surface area contributed by atoms with E-state index in [1.165, 1.54) is 17.4 Å². The smallest absolute Gasteiger partial charge is 0.414 e. The first-order valence-corrected chi connectivity index (χ1v) is 9.25. The fraction of sp³-hybridized carbons (Fsp3) is 0.125. The Balaban J connectivity index is 1.65. The molecule has 26 heavy (non-hydrogen) atoms. The zero-order valence-electron chi connectivity index (χ0n) is 13.6. The lowest BCUT2D eigenvalue weighted by molar-refractivity contribution is 0.0926. The van der Waals surface area contributed by atoms with Crippen LogP contribution in [0.15, 0.2) is 35.7 Å². The molecule has 10 heteroatoms. The number of carbonyl (C=O) groups excluding carboxylic acids is 3. The Hall–Kier alpha value is -2.98. The molecule has 0 aliphatic rings. The van der Waals surface area contributed by atoms with Crippen LogP contribution in [0.5, 0.6) is 0 Å². The molecule has 0 saturated carbocycles. The van der Waals surface area contributed by atoms with Crippen LogP contribution in [0.3, 0.4) is 0 Å². The summed E-state index contributed by atoms with van der Waals surface area (Å²) in [5.41, 5.74) is 0.959. The summed E-state index contributed by atoms with van der Waals surface area (Å²) in [5.74, 6) is -0.653. The molecule has 134 valence electrons. The second kappa shape index (κ2) is 7.93. The Morgan fingerprint density at radius 1 is 1.15 bits per heavy atom. The number of carbonyl (C=O) groups is 3. The van der Waals surface area contributed by atoms with Crippen molar-refractivity contribution >= 4 is 61.1 Å². The molecule has 3 rings (SSSR count). The number of alkyl carbamates (subject to hydrolysis) is 1. The lowest BCUT2D eigenvalue weighted by Crippen LogP contribution is -2.31. The lowest BCUT2D eigenvalue weighted by Gasteiger charge is -2.07. The minimum Gasteiger partial charge on any atom is -0.450 e. The summed E-state index contributed by atoms with van der Waals surface area (Å²) in [7, 11) is 0. The van der Waals surface area contributed by atoms with Crippen molar-refractivity contribution in [2.24, 2.45) is 0 Å². The normalized spacial score (nSPS) is 10.3. The Kier molecular flexibility index (Phi) is 5.44. The number of rotatable bonds is 4. The number of nitrogens with zero attached hydrogens (tertiary/aromatic N) is 1. The van der Waals surface area contributed by atoms with Gasteiger partial charge in [0.1, 0.15) is 5.00 Å². The second-order valence-corrected chi connectivity index (χ2v) is 6.85. The molecule has 3 aromatic rings. The van der Waals surface area contributed by atoms with E-state index in [0.29, 0.717) is 10.1 Å². The molecule has 0 saturated heterocycles. The number of nitrogens with one attached hydrogen (secondary N) is 3. The van der Waals surface area contributed by atoms with Gasteiger partial charge in [0, 0.05) is 0 Å². The Bertz CT molecular complexity index is 933. The van der Waals surface area contributed by atoms with Gasteiger partial charge in [-0.3, -0.25) is 20.7 Å². The fourth-order valence-electron chi connectivity index (χ4n) is 2.07. The maximum absolute atomic E-state index is 12.2. The van der Waals surface area contributed by atoms with E-state index in [0.717, 1.165) is 21.6 Å². The maximum Gasteiger partial charge on any atom is 0.414 e. The zero-order valence-corrected chi connectivity index (χ0v) is 15.2. The van der Waals surface area contributed by atoms with Gasteiger partial charge < -0.3 is 4.74 Å². The number of urea groups is 1. The van der Waals surface area contributed by atoms with Gasteiger partial charge in [-0.15, -0.1) is 11.3 Å². The summed E-state index contributed by atoms with van der Waals surface area (Å²) in [5, 5.41) is 9.70. The number of anilines is 2. The molecular formula is C16H14N4O4S2. The van der Waals surface area contributed by atoms with E-state index in [1.54, 1.807) is 12.3 Å². The molecule has 0 bridgehead atoms. The van der Waals surface area contributed by atoms with Crippen molar-refractivity contribution in [2.45, 2.75) is 6.92 Å². The quantitative estimate of drug-likeness (QED) is 0.626. The van der Waals surface area contributed by atoms with Crippen LogP contribution >= 0.6 is 22.7 Å². The van der Waals surface area contributed by atoms with E-state index in [4.69, 9.17) is 0 Å². The summed E-state index contributed by atoms with van der Waals surface area (Å²) < 4.78 is 5.62. The number of aromatic nitrogens is 1. The number of benzene rings is 1. The van der Waals surface area contributed by atoms with Crippen molar-refractivity contribution in [3.05, 3.63) is 41.3 Å². The van der Waals surface area contributed by atoms with Crippen molar-refractivity contribution in [1.29, 1.82) is 0 Å². The number of thiazole rings is 1. The Labute approximate surface area is 156 Å². The van der Waals surface area contributed by atoms with Gasteiger partial charge in [-0.1, -0.05) is 23.5 Å². The SMILES string of the molecule is CCOC(=O)NC(=O)c1ccsc1NC(=O)Nc1nc2ccccc2s1. The highest BCUT2D eigenvalue weighted by Gasteiger charge is 2.18. The highest BCUT2D eigenvalue weighted by Crippen LogP contribution is 2.27. The van der Waals surface area contributed by atoms with Crippen LogP contribution in [0.2, 0.25) is 0 Å². The number of imide groups is 1. The molecule has 1 aromatic carbocycles. The minimum absolute atomic E-state index is 0.151. The summed E-state index contributed by atoms with van der Waals surface area (Å²) in [4.78, 5) is 39.9. The third-order valence-electron chi connectivity index (χ3n) is 3.14. The first kappa shape index (κ1) is 17.8. The number of amides is 4. The van der Waals surface area contributed by atoms with Crippen molar-refractivity contribution < 1.29 is 19.1 Å². The van der Waals surface area contributed by atoms with Crippen LogP contribution in [0.1, 0.15) is 17.3 Å². The third-order valence-corrected chi connectivity index (χ3v) is 4.92. The van der Waals surface area contributed by atoms with E-state index in [9.17, 15) is 14.4 Å². The summed E-state index contributed by atoms with van der Waals surface area (Å²) >= 11 is 2.50. The summed E-state index contributed by atoms with van der Waals surface area (Å²) in [6, 6.07) is 8.50. The highest BCUT2D eigenvalue weighted by atomic mass is 32.1. The van der Waals surface area contributed by atoms with Crippen LogP contribution < -0.4 is 16.0 Å². The van der Waals surface area contributed by atoms with Crippen molar-refractivity contribution in [2.75, 3.05) is 17.2 Å². The molecule has 2 heterocycles. The molecule has 0 radical (unpaired) electrons. The predicted octanol–water partition coefficient (Wildman–Crippen LogP) is 3.89. The molecule has 8 nitrogen and oxygen atoms in total. The van der Waals surface area contributed by atoms with Crippen LogP contribution in [0.4, 0.5) is 19.7 Å². The van der Waals surface area contributed by atoms with Crippen LogP contribution in [-0.2, 0) is 4.74 Å². The van der Waals surface area contributed by atoms with Gasteiger partial charge in [-0.05, 0) is 30.5 Å². The van der Waals surface area contributed by atoms with Gasteiger partial charge >= 0.3 is 12.1 Å². The number of thiophene rings is 1. The molecule has 4 amide bonds. The molecular weight excluding hydrogens is 376 g/mol. The van der Waals surface area contributed by atoms with E-state index in [2.05, 4.69) is 25.7 Å². The van der Waals surface area contributed by atoms with Crippen molar-refractivity contribution in [3.8, 4) is 0 Å². The van der Waals surface area contributed by atoms with Gasteiger partial charge in [-0.2, -0.15) is 0 Å². The van der Waals surface area contributed by atoms with Crippen molar-refractivity contribution in [1.82, 2.24) is 10.3 Å². The average molecular weight is 390 g/mol. The van der Waals surface area contributed by atoms with Crippen molar-refractivity contribution in [3.63, 3.8) is 0 Å². The number of ether oxygens (including phenoxy) is 1. The number of fused-ring (bicyclic) bond motifs is 1. The first-order chi connectivity index (χ1) is 12.6. The van der Waals surface area contributed by atoms with Gasteiger partial charge in [-0.25, -0.2) is 14.6 Å². The Morgan fingerprint density at radius 2 is 1.96 bits per heavy atom. The minimum atomic E-state index is -0.839. The summed E-state index contributed by atoms with van der Waals surface area (Å²) in [6.45, 7) is 1.78. The van der Waals surface area contributed by atoms with Gasteiger partial charge in [0.05, 0.1) is 22.4 Å². The van der Waals surface area contributed by atoms with Crippen LogP contribution in [0.25, 0.3) is 10.2 Å². The Morgan fingerprint density at radius 3 is 2.73 bits per heavy atom. The molecule has 3 N–H and O–H groups in total. The molecule has 0 aliphatic heterocycles. The molecule has 0 aliphatic carbocycles. The molecule has 2 aromatic heterocycles. The second-order valence-electron chi connectivity index (χ2n) is 4.90. The maximum atomic E-state index is 12.2. The largest absolute Gasteiger partial charge is 0.450 e. The summed E-state index contributed by atoms with van der Waals surface area (Å²) in [6.07, 6.45) is -0.839. The fourth-order valence-corrected chi connectivity index (χ4v) is 3.71. The van der Waals surface area contributed by atoms with Gasteiger partial charge in [0.15, 0.2) is 5.13 Å². The molecule has 0 spiro atoms. The molecule has 0 atom stereocenters. The van der Waals surface area contributed by atoms with Gasteiger partial charge in [0.25, 0.3) is 5.91 Å².